The third-order valence-electron chi connectivity index (χ3n) is 12.8. The summed E-state index contributed by atoms with van der Waals surface area (Å²) in [4.78, 5) is 0. The van der Waals surface area contributed by atoms with Crippen molar-refractivity contribution in [1.29, 1.82) is 0 Å². The van der Waals surface area contributed by atoms with E-state index < -0.39 is 8.32 Å². The Labute approximate surface area is 284 Å². The highest BCUT2D eigenvalue weighted by Crippen LogP contribution is 2.50. The van der Waals surface area contributed by atoms with Crippen LogP contribution in [-0.4, -0.2) is 14.4 Å². The molecule has 46 heavy (non-hydrogen) atoms. The quantitative estimate of drug-likeness (QED) is 0.133. The second-order valence-electron chi connectivity index (χ2n) is 16.9. The molecule has 4 saturated carbocycles. The Morgan fingerprint density at radius 1 is 0.913 bits per heavy atom. The summed E-state index contributed by atoms with van der Waals surface area (Å²) in [6.45, 7) is 20.7. The molecule has 0 bridgehead atoms. The summed E-state index contributed by atoms with van der Waals surface area (Å²) in [6.07, 6.45) is 32.2. The van der Waals surface area contributed by atoms with Gasteiger partial charge in [-0.25, -0.2) is 0 Å². The Morgan fingerprint density at radius 2 is 1.67 bits per heavy atom. The molecular formula is C44H66OSi. The third-order valence-corrected chi connectivity index (χ3v) is 17.3. The fraction of sp³-hybridized carbons (Fsp3) is 0.636. The fourth-order valence-corrected chi connectivity index (χ4v) is 10.1. The van der Waals surface area contributed by atoms with Gasteiger partial charge in [0.05, 0.1) is 6.10 Å². The lowest BCUT2D eigenvalue weighted by molar-refractivity contribution is 0.195. The second-order valence-corrected chi connectivity index (χ2v) is 21.7. The Bertz CT molecular complexity index is 1240. The molecule has 3 unspecified atom stereocenters. The van der Waals surface area contributed by atoms with E-state index in [1.165, 1.54) is 94.6 Å². The van der Waals surface area contributed by atoms with E-state index in [0.29, 0.717) is 5.92 Å². The standard InChI is InChI=1S/C44H66OSi/c1-8-34(18-11-9-14-21-40-32-42(40)38-19-12-10-13-20-38)36-23-15-24-37-25-16-26-39(41(37)31-30-36)29-28-35-22-17-27-43(33(35)2)45-46(6,7)44(3,4)5/h8,10-13,18-20,28-29,34,36-37,40-43H,1-2,9,14-17,21-27,30-32H2,3-7H3/b18-11+,35-28-,39-29+/t34-,36?,37-,40?,41?,42-,43+/m1/s1. The minimum absolute atomic E-state index is 0.198. The third kappa shape index (κ3) is 9.16. The van der Waals surface area contributed by atoms with Crippen molar-refractivity contribution in [3.63, 3.8) is 0 Å². The number of hydrogen-bond donors (Lipinski definition) is 0. The summed E-state index contributed by atoms with van der Waals surface area (Å²) >= 11 is 0. The predicted molar refractivity (Wildman–Crippen MR) is 203 cm³/mol. The molecule has 0 N–H and O–H groups in total. The highest BCUT2D eigenvalue weighted by atomic mass is 28.4. The molecule has 0 aromatic heterocycles. The van der Waals surface area contributed by atoms with Crippen molar-refractivity contribution in [2.45, 2.75) is 147 Å². The highest BCUT2D eigenvalue weighted by Gasteiger charge is 2.40. The van der Waals surface area contributed by atoms with Crippen LogP contribution in [-0.2, 0) is 4.43 Å². The van der Waals surface area contributed by atoms with Crippen LogP contribution in [0.25, 0.3) is 0 Å². The molecule has 0 heterocycles. The van der Waals surface area contributed by atoms with Gasteiger partial charge in [-0.1, -0.05) is 100 Å². The van der Waals surface area contributed by atoms with E-state index in [0.717, 1.165) is 42.4 Å². The van der Waals surface area contributed by atoms with Crippen molar-refractivity contribution in [2.24, 2.45) is 29.6 Å². The average molecular weight is 639 g/mol. The molecule has 4 aliphatic rings. The van der Waals surface area contributed by atoms with Gasteiger partial charge in [0.1, 0.15) is 0 Å². The van der Waals surface area contributed by atoms with Crippen molar-refractivity contribution < 1.29 is 4.43 Å². The van der Waals surface area contributed by atoms with Crippen LogP contribution in [0.4, 0.5) is 0 Å². The first-order valence-electron chi connectivity index (χ1n) is 19.2. The van der Waals surface area contributed by atoms with Gasteiger partial charge < -0.3 is 4.43 Å². The molecule has 1 aromatic rings. The summed E-state index contributed by atoms with van der Waals surface area (Å²) in [5, 5.41) is 0.229. The van der Waals surface area contributed by atoms with Crippen molar-refractivity contribution in [2.75, 3.05) is 0 Å². The van der Waals surface area contributed by atoms with Crippen LogP contribution in [0, 0.1) is 29.6 Å². The van der Waals surface area contributed by atoms with Gasteiger partial charge in [-0.05, 0) is 160 Å². The Balaban J connectivity index is 1.14. The molecule has 252 valence electrons. The van der Waals surface area contributed by atoms with E-state index in [1.807, 2.05) is 0 Å². The van der Waals surface area contributed by atoms with E-state index >= 15 is 0 Å². The predicted octanol–water partition coefficient (Wildman–Crippen LogP) is 13.3. The molecule has 0 radical (unpaired) electrons. The first-order chi connectivity index (χ1) is 22.1. The van der Waals surface area contributed by atoms with Crippen LogP contribution in [0.3, 0.4) is 0 Å². The van der Waals surface area contributed by atoms with Gasteiger partial charge in [0.15, 0.2) is 8.32 Å². The van der Waals surface area contributed by atoms with Crippen LogP contribution < -0.4 is 0 Å². The molecule has 1 nitrogen and oxygen atoms in total. The monoisotopic (exact) mass is 638 g/mol. The summed E-state index contributed by atoms with van der Waals surface area (Å²) in [5.74, 6) is 4.63. The van der Waals surface area contributed by atoms with E-state index in [2.05, 4.69) is 108 Å². The van der Waals surface area contributed by atoms with Crippen molar-refractivity contribution >= 4 is 8.32 Å². The van der Waals surface area contributed by atoms with Crippen LogP contribution in [0.15, 0.2) is 90.6 Å². The SMILES string of the molecule is C=C[C@H](/C=C/CCCC1C[C@@H]1c1ccccc1)C1CCC[C@@H]2CCC/C(=C\C=C3\CCC[C@H](O[Si](C)(C)C(C)(C)C)C3=C)C2CC1. The summed E-state index contributed by atoms with van der Waals surface area (Å²) in [7, 11) is -1.82. The van der Waals surface area contributed by atoms with Gasteiger partial charge in [-0.3, -0.25) is 0 Å². The van der Waals surface area contributed by atoms with Gasteiger partial charge in [0.2, 0.25) is 0 Å². The number of hydrogen-bond acceptors (Lipinski definition) is 1. The van der Waals surface area contributed by atoms with Crippen molar-refractivity contribution in [3.8, 4) is 0 Å². The molecule has 1 aromatic carbocycles. The first-order valence-corrected chi connectivity index (χ1v) is 22.1. The number of rotatable bonds is 11. The normalized spacial score (nSPS) is 31.8. The minimum atomic E-state index is -1.82. The smallest absolute Gasteiger partial charge is 0.192 e. The van der Waals surface area contributed by atoms with Crippen molar-refractivity contribution in [1.82, 2.24) is 0 Å². The maximum absolute atomic E-state index is 6.88. The molecule has 7 atom stereocenters. The lowest BCUT2D eigenvalue weighted by Gasteiger charge is -2.41. The van der Waals surface area contributed by atoms with Crippen molar-refractivity contribution in [3.05, 3.63) is 96.2 Å². The van der Waals surface area contributed by atoms with Gasteiger partial charge >= 0.3 is 0 Å². The van der Waals surface area contributed by atoms with Crippen LogP contribution >= 0.6 is 0 Å². The largest absolute Gasteiger partial charge is 0.410 e. The van der Waals surface area contributed by atoms with E-state index in [1.54, 1.807) is 11.1 Å². The zero-order chi connectivity index (χ0) is 32.7. The van der Waals surface area contributed by atoms with Crippen LogP contribution in [0.5, 0.6) is 0 Å². The topological polar surface area (TPSA) is 9.23 Å². The van der Waals surface area contributed by atoms with Gasteiger partial charge in [0.25, 0.3) is 0 Å². The molecule has 4 aliphatic carbocycles. The second kappa shape index (κ2) is 16.0. The first kappa shape index (κ1) is 35.4. The average Bonchev–Trinajstić information content (AvgIpc) is 3.80. The Kier molecular flexibility index (Phi) is 12.3. The lowest BCUT2D eigenvalue weighted by Crippen LogP contribution is -2.45. The minimum Gasteiger partial charge on any atom is -0.410 e. The Hall–Kier alpha value is -1.90. The number of allylic oxidation sites excluding steroid dienone is 6. The Morgan fingerprint density at radius 3 is 2.43 bits per heavy atom. The van der Waals surface area contributed by atoms with Crippen LogP contribution in [0.1, 0.15) is 129 Å². The maximum Gasteiger partial charge on any atom is 0.192 e. The van der Waals surface area contributed by atoms with E-state index in [9.17, 15) is 0 Å². The van der Waals surface area contributed by atoms with E-state index in [4.69, 9.17) is 4.43 Å². The maximum atomic E-state index is 6.88. The van der Waals surface area contributed by atoms with Crippen LogP contribution in [0.2, 0.25) is 18.1 Å². The molecule has 0 saturated heterocycles. The zero-order valence-electron chi connectivity index (χ0n) is 30.2. The highest BCUT2D eigenvalue weighted by molar-refractivity contribution is 6.74. The molecule has 4 fully saturated rings. The number of fused-ring (bicyclic) bond motifs is 1. The summed E-state index contributed by atoms with van der Waals surface area (Å²) in [5.41, 5.74) is 5.98. The fourth-order valence-electron chi connectivity index (χ4n) is 8.73. The number of unbranched alkanes of at least 4 members (excludes halogenated alkanes) is 1. The molecule has 2 heteroatoms. The molecule has 0 aliphatic heterocycles. The van der Waals surface area contributed by atoms with Gasteiger partial charge in [0, 0.05) is 0 Å². The van der Waals surface area contributed by atoms with E-state index in [-0.39, 0.29) is 11.1 Å². The summed E-state index contributed by atoms with van der Waals surface area (Å²) < 4.78 is 6.88. The summed E-state index contributed by atoms with van der Waals surface area (Å²) in [6, 6.07) is 11.1. The zero-order valence-corrected chi connectivity index (χ0v) is 31.2. The molecule has 5 rings (SSSR count). The molecule has 0 amide bonds. The molecule has 0 spiro atoms. The van der Waals surface area contributed by atoms with Gasteiger partial charge in [-0.2, -0.15) is 0 Å². The van der Waals surface area contributed by atoms with Gasteiger partial charge in [-0.15, -0.1) is 6.58 Å². The number of benzene rings is 1. The molecular weight excluding hydrogens is 573 g/mol. The lowest BCUT2D eigenvalue weighted by atomic mass is 9.67.